The molecule has 1 saturated heterocycles. The lowest BCUT2D eigenvalue weighted by molar-refractivity contribution is -0.153. The van der Waals surface area contributed by atoms with E-state index in [1.54, 1.807) is 0 Å². The van der Waals surface area contributed by atoms with Crippen LogP contribution in [0.2, 0.25) is 0 Å². The first-order chi connectivity index (χ1) is 17.6. The van der Waals surface area contributed by atoms with E-state index in [2.05, 4.69) is 12.2 Å². The summed E-state index contributed by atoms with van der Waals surface area (Å²) < 4.78 is 11.2. The Morgan fingerprint density at radius 2 is 1.44 bits per heavy atom. The van der Waals surface area contributed by atoms with Crippen LogP contribution in [-0.2, 0) is 19.1 Å². The van der Waals surface area contributed by atoms with Crippen molar-refractivity contribution in [2.75, 3.05) is 26.4 Å². The van der Waals surface area contributed by atoms with Gasteiger partial charge in [-0.2, -0.15) is 0 Å². The van der Waals surface area contributed by atoms with Crippen LogP contribution in [-0.4, -0.2) is 60.7 Å². The van der Waals surface area contributed by atoms with Gasteiger partial charge in [-0.1, -0.05) is 71.1 Å². The van der Waals surface area contributed by atoms with Gasteiger partial charge >= 0.3 is 11.9 Å². The van der Waals surface area contributed by atoms with Crippen LogP contribution in [0.3, 0.4) is 0 Å². The summed E-state index contributed by atoms with van der Waals surface area (Å²) in [5.41, 5.74) is 0. The van der Waals surface area contributed by atoms with Crippen molar-refractivity contribution >= 4 is 11.9 Å². The summed E-state index contributed by atoms with van der Waals surface area (Å²) in [4.78, 5) is 24.5. The van der Waals surface area contributed by atoms with Crippen molar-refractivity contribution in [3.05, 3.63) is 0 Å². The Morgan fingerprint density at radius 1 is 0.833 bits per heavy atom. The minimum Gasteiger partial charge on any atom is -0.466 e. The second kappa shape index (κ2) is 23.0. The minimum atomic E-state index is -0.210. The zero-order chi connectivity index (χ0) is 26.3. The number of carbonyl (C=O) groups is 2. The number of unbranched alkanes of at least 4 members (excludes halogenated alkanes) is 10. The van der Waals surface area contributed by atoms with Crippen LogP contribution < -0.4 is 5.32 Å². The summed E-state index contributed by atoms with van der Waals surface area (Å²) in [6, 6.07) is -0.172. The number of ether oxygens (including phenoxy) is 2. The Hall–Kier alpha value is -1.18. The van der Waals surface area contributed by atoms with Crippen molar-refractivity contribution in [3.8, 4) is 0 Å². The molecule has 0 bridgehead atoms. The Balaban J connectivity index is 2.21. The molecule has 7 heteroatoms. The van der Waals surface area contributed by atoms with Gasteiger partial charge in [0.25, 0.3) is 0 Å². The van der Waals surface area contributed by atoms with Crippen LogP contribution in [0.5, 0.6) is 0 Å². The van der Waals surface area contributed by atoms with Gasteiger partial charge in [-0.15, -0.1) is 0 Å². The number of aliphatic hydroxyl groups excluding tert-OH is 2. The monoisotopic (exact) mass is 513 g/mol. The zero-order valence-electron chi connectivity index (χ0n) is 23.0. The molecule has 0 aromatic carbocycles. The maximum atomic E-state index is 12.5. The molecule has 3 N–H and O–H groups in total. The largest absolute Gasteiger partial charge is 0.466 e. The Bertz CT molecular complexity index is 534. The summed E-state index contributed by atoms with van der Waals surface area (Å²) in [5, 5.41) is 21.4. The van der Waals surface area contributed by atoms with Crippen molar-refractivity contribution < 1.29 is 29.3 Å². The number of esters is 2. The van der Waals surface area contributed by atoms with E-state index in [-0.39, 0.29) is 43.2 Å². The maximum absolute atomic E-state index is 12.5. The average molecular weight is 514 g/mol. The molecule has 0 aromatic rings. The number of rotatable bonds is 24. The standard InChI is InChI=1S/C29H55NO6/c1-2-3-4-5-6-7-8-9-10-11-17-26(36-29(34)27-19-14-21-30-27)18-15-22-35-28(33)20-13-12-16-25(23-31)24-32/h25-27,30-32H,2-24H2,1H3. The van der Waals surface area contributed by atoms with Gasteiger partial charge in [-0.3, -0.25) is 9.59 Å². The summed E-state index contributed by atoms with van der Waals surface area (Å²) >= 11 is 0. The summed E-state index contributed by atoms with van der Waals surface area (Å²) in [6.45, 7) is 3.42. The van der Waals surface area contributed by atoms with Gasteiger partial charge in [0.15, 0.2) is 0 Å². The highest BCUT2D eigenvalue weighted by molar-refractivity contribution is 5.76. The molecule has 7 nitrogen and oxygen atoms in total. The van der Waals surface area contributed by atoms with Crippen molar-refractivity contribution in [1.82, 2.24) is 5.32 Å². The highest BCUT2D eigenvalue weighted by atomic mass is 16.5. The third kappa shape index (κ3) is 17.3. The Labute approximate surface area is 220 Å². The number of nitrogens with one attached hydrogen (secondary N) is 1. The van der Waals surface area contributed by atoms with E-state index in [9.17, 15) is 9.59 Å². The van der Waals surface area contributed by atoms with E-state index < -0.39 is 0 Å². The predicted octanol–water partition coefficient (Wildman–Crippen LogP) is 5.45. The van der Waals surface area contributed by atoms with Crippen LogP contribution in [0.25, 0.3) is 0 Å². The predicted molar refractivity (Wildman–Crippen MR) is 144 cm³/mol. The van der Waals surface area contributed by atoms with E-state index >= 15 is 0 Å². The summed E-state index contributed by atoms with van der Waals surface area (Å²) in [7, 11) is 0. The number of hydrogen-bond donors (Lipinski definition) is 3. The fourth-order valence-corrected chi connectivity index (χ4v) is 4.77. The molecule has 2 unspecified atom stereocenters. The van der Waals surface area contributed by atoms with E-state index in [1.165, 1.54) is 57.8 Å². The van der Waals surface area contributed by atoms with Gasteiger partial charge in [-0.05, 0) is 57.9 Å². The molecule has 0 radical (unpaired) electrons. The Kier molecular flexibility index (Phi) is 21.0. The van der Waals surface area contributed by atoms with Crippen LogP contribution in [0.4, 0.5) is 0 Å². The van der Waals surface area contributed by atoms with Gasteiger partial charge in [0.1, 0.15) is 12.1 Å². The van der Waals surface area contributed by atoms with Crippen molar-refractivity contribution in [3.63, 3.8) is 0 Å². The fourth-order valence-electron chi connectivity index (χ4n) is 4.77. The van der Waals surface area contributed by atoms with E-state index in [4.69, 9.17) is 19.7 Å². The molecule has 36 heavy (non-hydrogen) atoms. The maximum Gasteiger partial charge on any atom is 0.323 e. The van der Waals surface area contributed by atoms with Crippen LogP contribution >= 0.6 is 0 Å². The van der Waals surface area contributed by atoms with Gasteiger partial charge in [-0.25, -0.2) is 0 Å². The molecule has 1 aliphatic heterocycles. The van der Waals surface area contributed by atoms with Crippen molar-refractivity contribution in [1.29, 1.82) is 0 Å². The lowest BCUT2D eigenvalue weighted by Crippen LogP contribution is -2.35. The van der Waals surface area contributed by atoms with Crippen molar-refractivity contribution in [2.45, 2.75) is 141 Å². The minimum absolute atomic E-state index is 0.0252. The van der Waals surface area contributed by atoms with E-state index in [1.807, 2.05) is 0 Å². The molecule has 0 aromatic heterocycles. The van der Waals surface area contributed by atoms with Crippen LogP contribution in [0.1, 0.15) is 129 Å². The third-order valence-electron chi connectivity index (χ3n) is 7.20. The third-order valence-corrected chi connectivity index (χ3v) is 7.20. The SMILES string of the molecule is CCCCCCCCCCCCC(CCCOC(=O)CCCCC(CO)CO)OC(=O)C1CCCN1. The fraction of sp³-hybridized carbons (Fsp3) is 0.931. The molecule has 1 aliphatic rings. The lowest BCUT2D eigenvalue weighted by Gasteiger charge is -2.20. The highest BCUT2D eigenvalue weighted by Crippen LogP contribution is 2.18. The molecule has 0 spiro atoms. The molecule has 1 rings (SSSR count). The zero-order valence-corrected chi connectivity index (χ0v) is 23.0. The van der Waals surface area contributed by atoms with Gasteiger partial charge in [0.05, 0.1) is 6.61 Å². The lowest BCUT2D eigenvalue weighted by atomic mass is 10.0. The van der Waals surface area contributed by atoms with Crippen molar-refractivity contribution in [2.24, 2.45) is 5.92 Å². The molecule has 0 amide bonds. The number of aliphatic hydroxyl groups is 2. The van der Waals surface area contributed by atoms with E-state index in [0.29, 0.717) is 32.3 Å². The summed E-state index contributed by atoms with van der Waals surface area (Å²) in [6.07, 6.45) is 19.4. The number of carbonyl (C=O) groups excluding carboxylic acids is 2. The van der Waals surface area contributed by atoms with Gasteiger partial charge < -0.3 is 25.0 Å². The molecule has 0 aliphatic carbocycles. The Morgan fingerprint density at radius 3 is 2.06 bits per heavy atom. The number of hydrogen-bond acceptors (Lipinski definition) is 7. The summed E-state index contributed by atoms with van der Waals surface area (Å²) in [5.74, 6) is -0.445. The molecule has 1 heterocycles. The second-order valence-corrected chi connectivity index (χ2v) is 10.5. The highest BCUT2D eigenvalue weighted by Gasteiger charge is 2.26. The molecular weight excluding hydrogens is 458 g/mol. The van der Waals surface area contributed by atoms with Crippen LogP contribution in [0.15, 0.2) is 0 Å². The van der Waals surface area contributed by atoms with Gasteiger partial charge in [0.2, 0.25) is 0 Å². The topological polar surface area (TPSA) is 105 Å². The molecule has 212 valence electrons. The first kappa shape index (κ1) is 32.8. The first-order valence-corrected chi connectivity index (χ1v) is 14.9. The molecular formula is C29H55NO6. The van der Waals surface area contributed by atoms with Crippen LogP contribution in [0, 0.1) is 5.92 Å². The molecule has 0 saturated carbocycles. The smallest absolute Gasteiger partial charge is 0.323 e. The van der Waals surface area contributed by atoms with E-state index in [0.717, 1.165) is 45.1 Å². The van der Waals surface area contributed by atoms with Gasteiger partial charge in [0, 0.05) is 25.6 Å². The average Bonchev–Trinajstić information content (AvgIpc) is 3.43. The first-order valence-electron chi connectivity index (χ1n) is 14.9. The molecule has 2 atom stereocenters. The molecule has 1 fully saturated rings. The second-order valence-electron chi connectivity index (χ2n) is 10.5. The normalized spacial score (nSPS) is 16.4. The quantitative estimate of drug-likeness (QED) is 0.116.